The first-order chi connectivity index (χ1) is 15.3. The topological polar surface area (TPSA) is 117 Å². The van der Waals surface area contributed by atoms with Crippen molar-refractivity contribution in [3.63, 3.8) is 0 Å². The average molecular weight is 449 g/mol. The maximum atomic E-state index is 13.7. The smallest absolute Gasteiger partial charge is 0.320 e. The van der Waals surface area contributed by atoms with Crippen molar-refractivity contribution in [1.29, 1.82) is 0 Å². The second-order valence-corrected chi connectivity index (χ2v) is 9.14. The minimum atomic E-state index is -3.59. The van der Waals surface area contributed by atoms with E-state index in [2.05, 4.69) is 21.2 Å². The van der Waals surface area contributed by atoms with Crippen molar-refractivity contribution in [3.8, 4) is 17.6 Å². The monoisotopic (exact) mass is 448 g/mol. The van der Waals surface area contributed by atoms with Gasteiger partial charge >= 0.3 is 5.97 Å². The van der Waals surface area contributed by atoms with E-state index in [1.54, 1.807) is 37.3 Å². The molecule has 1 heterocycles. The Kier molecular flexibility index (Phi) is 7.03. The number of rotatable bonds is 5. The summed E-state index contributed by atoms with van der Waals surface area (Å²) >= 11 is 0. The summed E-state index contributed by atoms with van der Waals surface area (Å²) in [6.45, 7) is 1.58. The van der Waals surface area contributed by atoms with E-state index in [1.807, 2.05) is 0 Å². The first kappa shape index (κ1) is 22.7. The third-order valence-electron chi connectivity index (χ3n) is 4.51. The molecule has 0 saturated heterocycles. The van der Waals surface area contributed by atoms with Crippen molar-refractivity contribution in [2.45, 2.75) is 23.5 Å². The summed E-state index contributed by atoms with van der Waals surface area (Å²) in [5, 5.41) is 17.8. The molecular formula is C24H20N2O5S. The Morgan fingerprint density at radius 1 is 1.03 bits per heavy atom. The van der Waals surface area contributed by atoms with Crippen LogP contribution in [0.4, 0.5) is 0 Å². The number of carboxylic acids is 1. The van der Waals surface area contributed by atoms with Crippen molar-refractivity contribution in [2.75, 3.05) is 0 Å². The highest BCUT2D eigenvalue weighted by Crippen LogP contribution is 2.23. The van der Waals surface area contributed by atoms with Crippen LogP contribution < -0.4 is 0 Å². The van der Waals surface area contributed by atoms with E-state index in [0.717, 1.165) is 0 Å². The lowest BCUT2D eigenvalue weighted by atomic mass is 10.1. The molecule has 7 nitrogen and oxygen atoms in total. The van der Waals surface area contributed by atoms with Gasteiger partial charge < -0.3 is 10.2 Å². The van der Waals surface area contributed by atoms with E-state index >= 15 is 0 Å². The molecule has 3 aromatic rings. The van der Waals surface area contributed by atoms with Gasteiger partial charge in [0.1, 0.15) is 11.0 Å². The lowest BCUT2D eigenvalue weighted by Gasteiger charge is -2.16. The molecule has 0 spiro atoms. The summed E-state index contributed by atoms with van der Waals surface area (Å²) in [7, 11) is -3.59. The third kappa shape index (κ3) is 5.20. The number of amides is 1. The standard InChI is InChI=1S/C24H20N2O5S/c1-2-22(24(29)30)32(31,21-9-4-3-5-10-21)26-23(28)19-13-18(15-25-16-19)12-11-17-7-6-8-20(27)14-17/h3-10,13-16,22,27H,2H2,1H3,(H,29,30)/t22-,32?/m0/s1. The van der Waals surface area contributed by atoms with Crippen molar-refractivity contribution in [2.24, 2.45) is 4.36 Å². The van der Waals surface area contributed by atoms with Gasteiger partial charge in [0.15, 0.2) is 0 Å². The normalized spacial score (nSPS) is 13.2. The predicted octanol–water partition coefficient (Wildman–Crippen LogP) is 3.72. The molecule has 32 heavy (non-hydrogen) atoms. The quantitative estimate of drug-likeness (QED) is 0.575. The van der Waals surface area contributed by atoms with Crippen LogP contribution in [0, 0.1) is 11.8 Å². The van der Waals surface area contributed by atoms with E-state index in [4.69, 9.17) is 0 Å². The lowest BCUT2D eigenvalue weighted by molar-refractivity contribution is -0.136. The molecule has 2 atom stereocenters. The number of aromatic hydroxyl groups is 1. The maximum Gasteiger partial charge on any atom is 0.320 e. The number of nitrogens with zero attached hydrogens (tertiary/aromatic N) is 2. The summed E-state index contributed by atoms with van der Waals surface area (Å²) in [6.07, 6.45) is 2.75. The van der Waals surface area contributed by atoms with Gasteiger partial charge in [0, 0.05) is 28.4 Å². The highest BCUT2D eigenvalue weighted by atomic mass is 32.2. The van der Waals surface area contributed by atoms with Crippen molar-refractivity contribution >= 4 is 21.6 Å². The van der Waals surface area contributed by atoms with Gasteiger partial charge in [-0.3, -0.25) is 14.6 Å². The second-order valence-electron chi connectivity index (χ2n) is 6.78. The number of phenolic OH excluding ortho intramolecular Hbond substituents is 1. The minimum absolute atomic E-state index is 0.0352. The third-order valence-corrected chi connectivity index (χ3v) is 7.20. The summed E-state index contributed by atoms with van der Waals surface area (Å²) in [4.78, 5) is 28.8. The largest absolute Gasteiger partial charge is 0.508 e. The fraction of sp³-hybridized carbons (Fsp3) is 0.125. The highest BCUT2D eigenvalue weighted by Gasteiger charge is 2.31. The van der Waals surface area contributed by atoms with Gasteiger partial charge in [-0.1, -0.05) is 43.0 Å². The number of benzene rings is 2. The molecule has 1 unspecified atom stereocenters. The summed E-state index contributed by atoms with van der Waals surface area (Å²) in [5.74, 6) is 3.66. The first-order valence-electron chi connectivity index (χ1n) is 9.68. The van der Waals surface area contributed by atoms with E-state index < -0.39 is 26.9 Å². The van der Waals surface area contributed by atoms with E-state index in [9.17, 15) is 24.0 Å². The zero-order chi connectivity index (χ0) is 23.1. The van der Waals surface area contributed by atoms with Crippen LogP contribution in [0.15, 0.2) is 82.3 Å². The van der Waals surface area contributed by atoms with Crippen LogP contribution in [0.3, 0.4) is 0 Å². The molecular weight excluding hydrogens is 428 g/mol. The minimum Gasteiger partial charge on any atom is -0.508 e. The number of phenols is 1. The fourth-order valence-corrected chi connectivity index (χ4v) is 5.15. The molecule has 1 aromatic heterocycles. The Balaban J connectivity index is 2.02. The maximum absolute atomic E-state index is 13.7. The van der Waals surface area contributed by atoms with Gasteiger partial charge in [-0.2, -0.15) is 4.36 Å². The van der Waals surface area contributed by atoms with Crippen LogP contribution in [0.2, 0.25) is 0 Å². The zero-order valence-electron chi connectivity index (χ0n) is 17.1. The Morgan fingerprint density at radius 2 is 1.75 bits per heavy atom. The van der Waals surface area contributed by atoms with E-state index in [0.29, 0.717) is 11.1 Å². The van der Waals surface area contributed by atoms with Crippen LogP contribution in [-0.4, -0.2) is 36.5 Å². The Labute approximate surface area is 186 Å². The molecule has 0 radical (unpaired) electrons. The molecule has 0 aliphatic heterocycles. The number of pyridine rings is 1. The fourth-order valence-electron chi connectivity index (χ4n) is 2.96. The van der Waals surface area contributed by atoms with Crippen LogP contribution in [0.1, 0.15) is 34.8 Å². The molecule has 0 aliphatic rings. The summed E-state index contributed by atoms with van der Waals surface area (Å²) in [6, 6.07) is 15.8. The molecule has 0 fully saturated rings. The second kappa shape index (κ2) is 9.90. The Hall–Kier alpha value is -3.96. The molecule has 0 saturated carbocycles. The zero-order valence-corrected chi connectivity index (χ0v) is 18.0. The SMILES string of the molecule is CC[C@@H](C(=O)O)S(=O)(=NC(=O)c1cncc(C#Cc2cccc(O)c2)c1)c1ccccc1. The molecule has 2 N–H and O–H groups in total. The number of carbonyl (C=O) groups excluding carboxylic acids is 1. The number of aromatic nitrogens is 1. The number of carboxylic acid groups (broad SMARTS) is 1. The predicted molar refractivity (Wildman–Crippen MR) is 120 cm³/mol. The van der Waals surface area contributed by atoms with E-state index in [-0.39, 0.29) is 22.6 Å². The molecule has 2 aromatic carbocycles. The Morgan fingerprint density at radius 3 is 2.41 bits per heavy atom. The molecule has 8 heteroatoms. The molecule has 0 bridgehead atoms. The van der Waals surface area contributed by atoms with Gasteiger partial charge in [-0.05, 0) is 42.8 Å². The summed E-state index contributed by atoms with van der Waals surface area (Å²) < 4.78 is 17.6. The number of aliphatic carboxylic acids is 1. The van der Waals surface area contributed by atoms with Crippen molar-refractivity contribution in [3.05, 3.63) is 89.7 Å². The number of hydrogen-bond donors (Lipinski definition) is 2. The van der Waals surface area contributed by atoms with E-state index in [1.165, 1.54) is 42.7 Å². The van der Waals surface area contributed by atoms with Crippen LogP contribution in [0.5, 0.6) is 5.75 Å². The molecule has 0 aliphatic carbocycles. The van der Waals surface area contributed by atoms with Gasteiger partial charge in [0.05, 0.1) is 15.3 Å². The van der Waals surface area contributed by atoms with Crippen LogP contribution in [-0.2, 0) is 14.5 Å². The van der Waals surface area contributed by atoms with Gasteiger partial charge in [-0.15, -0.1) is 0 Å². The number of carbonyl (C=O) groups is 2. The molecule has 1 amide bonds. The van der Waals surface area contributed by atoms with Gasteiger partial charge in [0.2, 0.25) is 0 Å². The van der Waals surface area contributed by atoms with Gasteiger partial charge in [0.25, 0.3) is 5.91 Å². The highest BCUT2D eigenvalue weighted by molar-refractivity contribution is 7.95. The lowest BCUT2D eigenvalue weighted by Crippen LogP contribution is -2.30. The van der Waals surface area contributed by atoms with Gasteiger partial charge in [-0.25, -0.2) is 4.21 Å². The van der Waals surface area contributed by atoms with Crippen molar-refractivity contribution in [1.82, 2.24) is 4.98 Å². The molecule has 162 valence electrons. The first-order valence-corrected chi connectivity index (χ1v) is 11.3. The van der Waals surface area contributed by atoms with Crippen LogP contribution >= 0.6 is 0 Å². The molecule has 3 rings (SSSR count). The Bertz CT molecular complexity index is 1330. The van der Waals surface area contributed by atoms with Crippen molar-refractivity contribution < 1.29 is 24.0 Å². The average Bonchev–Trinajstić information content (AvgIpc) is 2.78. The number of hydrogen-bond acceptors (Lipinski definition) is 5. The summed E-state index contributed by atoms with van der Waals surface area (Å²) in [5.41, 5.74) is 1.02. The van der Waals surface area contributed by atoms with Crippen LogP contribution in [0.25, 0.3) is 0 Å².